The molecule has 3 rings (SSSR count). The van der Waals surface area contributed by atoms with E-state index in [9.17, 15) is 4.79 Å². The normalized spacial score (nSPS) is 11.1. The van der Waals surface area contributed by atoms with Gasteiger partial charge in [0.15, 0.2) is 0 Å². The molecular weight excluding hydrogens is 362 g/mol. The maximum absolute atomic E-state index is 11.1. The number of hydrogen-bond acceptors (Lipinski definition) is 2. The number of fused-ring (bicyclic) bond motifs is 1. The lowest BCUT2D eigenvalue weighted by Gasteiger charge is -1.99. The van der Waals surface area contributed by atoms with Crippen LogP contribution in [0.4, 0.5) is 0 Å². The second-order valence-corrected chi connectivity index (χ2v) is 6.88. The highest BCUT2D eigenvalue weighted by Crippen LogP contribution is 2.38. The van der Waals surface area contributed by atoms with Crippen molar-refractivity contribution in [2.75, 3.05) is 0 Å². The van der Waals surface area contributed by atoms with Crippen LogP contribution in [0.15, 0.2) is 34.8 Å². The molecule has 2 heterocycles. The molecule has 0 aliphatic carbocycles. The quantitative estimate of drug-likeness (QED) is 0.686. The lowest BCUT2D eigenvalue weighted by Crippen LogP contribution is -2.00. The summed E-state index contributed by atoms with van der Waals surface area (Å²) >= 11 is 10.9. The molecule has 0 radical (unpaired) electrons. The Labute approximate surface area is 132 Å². The first-order chi connectivity index (χ1) is 9.56. The van der Waals surface area contributed by atoms with Gasteiger partial charge >= 0.3 is 5.97 Å². The number of nitrogens with one attached hydrogen (secondary N) is 1. The first-order valence-corrected chi connectivity index (χ1v) is 7.81. The minimum Gasteiger partial charge on any atom is -0.481 e. The molecule has 1 aromatic carbocycles. The summed E-state index contributed by atoms with van der Waals surface area (Å²) in [6.45, 7) is 0. The lowest BCUT2D eigenvalue weighted by molar-refractivity contribution is -0.136. The van der Waals surface area contributed by atoms with E-state index in [1.165, 1.54) is 11.3 Å². The maximum atomic E-state index is 11.1. The van der Waals surface area contributed by atoms with Crippen molar-refractivity contribution in [1.82, 2.24) is 4.98 Å². The predicted molar refractivity (Wildman–Crippen MR) is 85.7 cm³/mol. The largest absolute Gasteiger partial charge is 0.481 e. The molecule has 3 nitrogen and oxygen atoms in total. The van der Waals surface area contributed by atoms with E-state index in [0.717, 1.165) is 31.5 Å². The summed E-state index contributed by atoms with van der Waals surface area (Å²) in [5, 5.41) is 10.1. The van der Waals surface area contributed by atoms with Gasteiger partial charge in [-0.05, 0) is 39.7 Å². The number of para-hydroxylation sites is 1. The molecule has 0 saturated heterocycles. The van der Waals surface area contributed by atoms with Crippen molar-refractivity contribution in [2.45, 2.75) is 6.42 Å². The van der Waals surface area contributed by atoms with Crippen molar-refractivity contribution in [3.63, 3.8) is 0 Å². The minimum atomic E-state index is -0.852. The molecule has 0 aliphatic heterocycles. The van der Waals surface area contributed by atoms with Gasteiger partial charge in [-0.25, -0.2) is 0 Å². The number of aromatic amines is 1. The number of H-pyrrole nitrogens is 1. The fraction of sp³-hybridized carbons (Fsp3) is 0.0714. The lowest BCUT2D eigenvalue weighted by atomic mass is 10.1. The van der Waals surface area contributed by atoms with Gasteiger partial charge in [-0.3, -0.25) is 4.79 Å². The smallest absolute Gasteiger partial charge is 0.307 e. The van der Waals surface area contributed by atoms with E-state index in [4.69, 9.17) is 16.7 Å². The van der Waals surface area contributed by atoms with E-state index in [0.29, 0.717) is 4.34 Å². The Morgan fingerprint density at radius 2 is 2.15 bits per heavy atom. The molecule has 0 spiro atoms. The van der Waals surface area contributed by atoms with Crippen molar-refractivity contribution in [2.24, 2.45) is 0 Å². The zero-order valence-corrected chi connectivity index (χ0v) is 13.3. The number of benzene rings is 1. The van der Waals surface area contributed by atoms with Gasteiger partial charge in [-0.1, -0.05) is 23.7 Å². The first-order valence-electron chi connectivity index (χ1n) is 5.83. The Balaban J connectivity index is 2.29. The number of aromatic nitrogens is 1. The number of carboxylic acids is 1. The van der Waals surface area contributed by atoms with Crippen LogP contribution in [0, 0.1) is 0 Å². The molecule has 0 amide bonds. The maximum Gasteiger partial charge on any atom is 0.307 e. The fourth-order valence-electron chi connectivity index (χ4n) is 2.23. The molecule has 2 N–H and O–H groups in total. The standard InChI is InChI=1S/C14H9BrClNO2S/c15-9-3-1-2-7-8(6-12(18)19)14(17-13(7)9)10-4-5-11(16)20-10/h1-5,17H,6H2,(H,18,19). The van der Waals surface area contributed by atoms with Crippen LogP contribution in [0.25, 0.3) is 21.5 Å². The number of thiophene rings is 1. The van der Waals surface area contributed by atoms with Gasteiger partial charge in [-0.2, -0.15) is 0 Å². The molecule has 0 fully saturated rings. The van der Waals surface area contributed by atoms with Crippen molar-refractivity contribution >= 4 is 55.7 Å². The molecule has 20 heavy (non-hydrogen) atoms. The summed E-state index contributed by atoms with van der Waals surface area (Å²) in [7, 11) is 0. The van der Waals surface area contributed by atoms with E-state index in [2.05, 4.69) is 20.9 Å². The van der Waals surface area contributed by atoms with Crippen LogP contribution >= 0.6 is 38.9 Å². The molecule has 0 aliphatic rings. The van der Waals surface area contributed by atoms with Crippen molar-refractivity contribution in [3.05, 3.63) is 44.7 Å². The van der Waals surface area contributed by atoms with E-state index in [1.807, 2.05) is 30.3 Å². The Morgan fingerprint density at radius 1 is 1.35 bits per heavy atom. The summed E-state index contributed by atoms with van der Waals surface area (Å²) in [5.41, 5.74) is 2.52. The highest BCUT2D eigenvalue weighted by molar-refractivity contribution is 9.10. The second kappa shape index (κ2) is 5.24. The van der Waals surface area contributed by atoms with E-state index in [-0.39, 0.29) is 6.42 Å². The van der Waals surface area contributed by atoms with Gasteiger partial charge in [0.05, 0.1) is 26.8 Å². The number of hydrogen-bond donors (Lipinski definition) is 2. The number of carbonyl (C=O) groups is 1. The zero-order valence-electron chi connectivity index (χ0n) is 10.1. The molecule has 3 aromatic rings. The van der Waals surface area contributed by atoms with Crippen LogP contribution in [0.5, 0.6) is 0 Å². The summed E-state index contributed by atoms with van der Waals surface area (Å²) in [6.07, 6.45) is -0.0265. The average Bonchev–Trinajstić information content (AvgIpc) is 2.95. The third kappa shape index (κ3) is 2.37. The Bertz CT molecular complexity index is 809. The van der Waals surface area contributed by atoms with Crippen LogP contribution < -0.4 is 0 Å². The van der Waals surface area contributed by atoms with Crippen LogP contribution in [0.1, 0.15) is 5.56 Å². The topological polar surface area (TPSA) is 53.1 Å². The van der Waals surface area contributed by atoms with Crippen molar-refractivity contribution in [1.29, 1.82) is 0 Å². The Hall–Kier alpha value is -1.30. The van der Waals surface area contributed by atoms with Crippen LogP contribution in [0.2, 0.25) is 4.34 Å². The number of rotatable bonds is 3. The van der Waals surface area contributed by atoms with Gasteiger partial charge in [-0.15, -0.1) is 11.3 Å². The molecule has 0 saturated carbocycles. The Morgan fingerprint density at radius 3 is 2.80 bits per heavy atom. The number of halogens is 2. The van der Waals surface area contributed by atoms with E-state index in [1.54, 1.807) is 0 Å². The van der Waals surface area contributed by atoms with E-state index < -0.39 is 5.97 Å². The second-order valence-electron chi connectivity index (χ2n) is 4.32. The van der Waals surface area contributed by atoms with E-state index >= 15 is 0 Å². The van der Waals surface area contributed by atoms with Crippen molar-refractivity contribution in [3.8, 4) is 10.6 Å². The Kier molecular flexibility index (Phi) is 3.58. The highest BCUT2D eigenvalue weighted by atomic mass is 79.9. The molecular formula is C14H9BrClNO2S. The predicted octanol–water partition coefficient (Wildman–Crippen LogP) is 4.94. The van der Waals surface area contributed by atoms with Crippen LogP contribution in [0.3, 0.4) is 0 Å². The monoisotopic (exact) mass is 369 g/mol. The van der Waals surface area contributed by atoms with Gasteiger partial charge in [0.2, 0.25) is 0 Å². The molecule has 0 atom stereocenters. The minimum absolute atomic E-state index is 0.0265. The molecule has 2 aromatic heterocycles. The molecule has 0 unspecified atom stereocenters. The molecule has 102 valence electrons. The summed E-state index contributed by atoms with van der Waals surface area (Å²) < 4.78 is 1.59. The summed E-state index contributed by atoms with van der Waals surface area (Å²) in [5.74, 6) is -0.852. The van der Waals surface area contributed by atoms with Gasteiger partial charge < -0.3 is 10.1 Å². The third-order valence-electron chi connectivity index (χ3n) is 3.04. The number of aliphatic carboxylic acids is 1. The third-order valence-corrected chi connectivity index (χ3v) is 4.95. The van der Waals surface area contributed by atoms with Crippen molar-refractivity contribution < 1.29 is 9.90 Å². The number of carboxylic acid groups (broad SMARTS) is 1. The summed E-state index contributed by atoms with van der Waals surface area (Å²) in [6, 6.07) is 9.46. The fourth-order valence-corrected chi connectivity index (χ4v) is 3.77. The van der Waals surface area contributed by atoms with Gasteiger partial charge in [0, 0.05) is 9.86 Å². The highest BCUT2D eigenvalue weighted by Gasteiger charge is 2.18. The van der Waals surface area contributed by atoms with Crippen LogP contribution in [-0.4, -0.2) is 16.1 Å². The summed E-state index contributed by atoms with van der Waals surface area (Å²) in [4.78, 5) is 15.4. The molecule has 6 heteroatoms. The first kappa shape index (κ1) is 13.7. The zero-order chi connectivity index (χ0) is 14.3. The molecule has 0 bridgehead atoms. The average molecular weight is 371 g/mol. The van der Waals surface area contributed by atoms with Gasteiger partial charge in [0.1, 0.15) is 0 Å². The van der Waals surface area contributed by atoms with Crippen LogP contribution in [-0.2, 0) is 11.2 Å². The SMILES string of the molecule is O=C(O)Cc1c(-c2ccc(Cl)s2)[nH]c2c(Br)cccc12. The van der Waals surface area contributed by atoms with Gasteiger partial charge in [0.25, 0.3) is 0 Å².